The zero-order valence-corrected chi connectivity index (χ0v) is 17.1. The molecule has 3 aromatic carbocycles. The summed E-state index contributed by atoms with van der Waals surface area (Å²) in [5.41, 5.74) is 3.50. The lowest BCUT2D eigenvalue weighted by molar-refractivity contribution is 1.28. The van der Waals surface area contributed by atoms with E-state index in [-0.39, 0.29) is 0 Å². The minimum Gasteiger partial charge on any atom is -0.311 e. The fourth-order valence-electron chi connectivity index (χ4n) is 2.19. The first kappa shape index (κ1) is 20.2. The molecule has 0 aliphatic rings. The molecule has 1 nitrogen and oxygen atoms in total. The monoisotopic (exact) mass is 431 g/mol. The van der Waals surface area contributed by atoms with Gasteiger partial charge in [0.15, 0.2) is 0 Å². The molecule has 0 fully saturated rings. The molecule has 0 bridgehead atoms. The second-order valence-electron chi connectivity index (χ2n) is 4.48. The summed E-state index contributed by atoms with van der Waals surface area (Å²) < 4.78 is 1.24. The van der Waals surface area contributed by atoms with Gasteiger partial charge in [0.2, 0.25) is 0 Å². The van der Waals surface area contributed by atoms with Gasteiger partial charge in [-0.1, -0.05) is 64.1 Å². The molecular formula is C22H26IN. The van der Waals surface area contributed by atoms with E-state index in [1.165, 1.54) is 20.6 Å². The van der Waals surface area contributed by atoms with Crippen LogP contribution in [0.2, 0.25) is 0 Å². The number of para-hydroxylation sites is 2. The number of halogens is 1. The van der Waals surface area contributed by atoms with Crippen LogP contribution in [0.3, 0.4) is 0 Å². The van der Waals surface area contributed by atoms with Crippen LogP contribution < -0.4 is 4.90 Å². The number of anilines is 3. The Morgan fingerprint density at radius 1 is 0.500 bits per heavy atom. The normalized spacial score (nSPS) is 9.04. The standard InChI is InChI=1S/C18H14IN.2C2H6/c19-15-11-13-18(14-12-15)20(16-7-3-1-4-8-16)17-9-5-2-6-10-17;2*1-2/h1-14H;2*1-2H3. The van der Waals surface area contributed by atoms with Gasteiger partial charge in [-0.25, -0.2) is 0 Å². The Hall–Kier alpha value is -1.81. The van der Waals surface area contributed by atoms with Crippen LogP contribution in [0.25, 0.3) is 0 Å². The minimum absolute atomic E-state index is 1.17. The van der Waals surface area contributed by atoms with Crippen molar-refractivity contribution in [1.82, 2.24) is 0 Å². The third-order valence-electron chi connectivity index (χ3n) is 3.11. The molecule has 0 N–H and O–H groups in total. The van der Waals surface area contributed by atoms with E-state index in [2.05, 4.69) is 100 Å². The number of hydrogen-bond acceptors (Lipinski definition) is 1. The van der Waals surface area contributed by atoms with Crippen LogP contribution in [0.15, 0.2) is 84.9 Å². The van der Waals surface area contributed by atoms with Crippen molar-refractivity contribution in [3.8, 4) is 0 Å². The molecule has 0 aliphatic heterocycles. The molecule has 0 amide bonds. The molecule has 3 aromatic rings. The molecular weight excluding hydrogens is 405 g/mol. The van der Waals surface area contributed by atoms with Gasteiger partial charge in [0.25, 0.3) is 0 Å². The fraction of sp³-hybridized carbons (Fsp3) is 0.182. The Bertz CT molecular complexity index is 624. The van der Waals surface area contributed by atoms with Gasteiger partial charge in [-0.3, -0.25) is 0 Å². The topological polar surface area (TPSA) is 3.24 Å². The largest absolute Gasteiger partial charge is 0.311 e. The molecule has 0 aliphatic carbocycles. The molecule has 0 radical (unpaired) electrons. The van der Waals surface area contributed by atoms with Gasteiger partial charge >= 0.3 is 0 Å². The summed E-state index contributed by atoms with van der Waals surface area (Å²) in [6.07, 6.45) is 0. The Kier molecular flexibility index (Phi) is 9.85. The van der Waals surface area contributed by atoms with Crippen molar-refractivity contribution >= 4 is 39.7 Å². The van der Waals surface area contributed by atoms with E-state index in [0.717, 1.165) is 0 Å². The fourth-order valence-corrected chi connectivity index (χ4v) is 2.55. The lowest BCUT2D eigenvalue weighted by atomic mass is 10.2. The molecule has 0 spiro atoms. The number of hydrogen-bond donors (Lipinski definition) is 0. The van der Waals surface area contributed by atoms with Crippen molar-refractivity contribution in [2.75, 3.05) is 4.90 Å². The molecule has 0 heterocycles. The van der Waals surface area contributed by atoms with E-state index >= 15 is 0 Å². The lowest BCUT2D eigenvalue weighted by Gasteiger charge is -2.25. The number of benzene rings is 3. The quantitative estimate of drug-likeness (QED) is 0.382. The van der Waals surface area contributed by atoms with E-state index < -0.39 is 0 Å². The molecule has 0 atom stereocenters. The Morgan fingerprint density at radius 2 is 0.833 bits per heavy atom. The molecule has 3 rings (SSSR count). The van der Waals surface area contributed by atoms with Crippen LogP contribution in [0, 0.1) is 3.57 Å². The molecule has 0 unspecified atom stereocenters. The maximum absolute atomic E-state index is 2.33. The van der Waals surface area contributed by atoms with Crippen LogP contribution in [0.1, 0.15) is 27.7 Å². The predicted molar refractivity (Wildman–Crippen MR) is 117 cm³/mol. The van der Waals surface area contributed by atoms with Crippen LogP contribution in [-0.2, 0) is 0 Å². The zero-order valence-electron chi connectivity index (χ0n) is 14.9. The van der Waals surface area contributed by atoms with Crippen LogP contribution in [0.4, 0.5) is 17.1 Å². The molecule has 126 valence electrons. The average Bonchev–Trinajstić information content (AvgIpc) is 2.69. The summed E-state index contributed by atoms with van der Waals surface area (Å²) in [7, 11) is 0. The van der Waals surface area contributed by atoms with Crippen LogP contribution in [0.5, 0.6) is 0 Å². The highest BCUT2D eigenvalue weighted by molar-refractivity contribution is 14.1. The smallest absolute Gasteiger partial charge is 0.0462 e. The first-order valence-electron chi connectivity index (χ1n) is 8.50. The first-order chi connectivity index (χ1) is 11.8. The van der Waals surface area contributed by atoms with E-state index in [4.69, 9.17) is 0 Å². The van der Waals surface area contributed by atoms with Crippen molar-refractivity contribution in [2.24, 2.45) is 0 Å². The molecule has 24 heavy (non-hydrogen) atoms. The minimum atomic E-state index is 1.17. The Morgan fingerprint density at radius 3 is 1.21 bits per heavy atom. The number of rotatable bonds is 3. The summed E-state index contributed by atoms with van der Waals surface area (Å²) in [5, 5.41) is 0. The van der Waals surface area contributed by atoms with Gasteiger partial charge in [-0.05, 0) is 71.1 Å². The summed E-state index contributed by atoms with van der Waals surface area (Å²) >= 11 is 2.33. The van der Waals surface area contributed by atoms with E-state index in [9.17, 15) is 0 Å². The maximum atomic E-state index is 2.33. The summed E-state index contributed by atoms with van der Waals surface area (Å²) in [6, 6.07) is 29.5. The van der Waals surface area contributed by atoms with Crippen molar-refractivity contribution < 1.29 is 0 Å². The van der Waals surface area contributed by atoms with Crippen molar-refractivity contribution in [3.63, 3.8) is 0 Å². The zero-order chi connectivity index (χ0) is 17.8. The average molecular weight is 431 g/mol. The lowest BCUT2D eigenvalue weighted by Crippen LogP contribution is -2.09. The van der Waals surface area contributed by atoms with Crippen LogP contribution in [-0.4, -0.2) is 0 Å². The van der Waals surface area contributed by atoms with Crippen molar-refractivity contribution in [2.45, 2.75) is 27.7 Å². The van der Waals surface area contributed by atoms with Gasteiger partial charge in [0, 0.05) is 20.6 Å². The second-order valence-corrected chi connectivity index (χ2v) is 5.73. The molecule has 0 saturated heterocycles. The molecule has 2 heteroatoms. The molecule has 0 saturated carbocycles. The maximum Gasteiger partial charge on any atom is 0.0462 e. The van der Waals surface area contributed by atoms with Crippen LogP contribution >= 0.6 is 22.6 Å². The predicted octanol–water partition coefficient (Wildman–Crippen LogP) is 7.81. The van der Waals surface area contributed by atoms with Gasteiger partial charge in [-0.2, -0.15) is 0 Å². The summed E-state index contributed by atoms with van der Waals surface area (Å²) in [6.45, 7) is 8.00. The number of nitrogens with zero attached hydrogens (tertiary/aromatic N) is 1. The van der Waals surface area contributed by atoms with Gasteiger partial charge < -0.3 is 4.90 Å². The SMILES string of the molecule is CC.CC.Ic1ccc(N(c2ccccc2)c2ccccc2)cc1. The Balaban J connectivity index is 0.000000671. The van der Waals surface area contributed by atoms with E-state index in [1.807, 2.05) is 39.8 Å². The summed E-state index contributed by atoms with van der Waals surface area (Å²) in [4.78, 5) is 2.26. The molecule has 0 aromatic heterocycles. The highest BCUT2D eigenvalue weighted by Crippen LogP contribution is 2.33. The summed E-state index contributed by atoms with van der Waals surface area (Å²) in [5.74, 6) is 0. The third-order valence-corrected chi connectivity index (χ3v) is 3.83. The van der Waals surface area contributed by atoms with E-state index in [1.54, 1.807) is 0 Å². The Labute approximate surface area is 160 Å². The highest BCUT2D eigenvalue weighted by atomic mass is 127. The highest BCUT2D eigenvalue weighted by Gasteiger charge is 2.10. The van der Waals surface area contributed by atoms with Crippen molar-refractivity contribution in [3.05, 3.63) is 88.5 Å². The van der Waals surface area contributed by atoms with Gasteiger partial charge in [0.05, 0.1) is 0 Å². The first-order valence-corrected chi connectivity index (χ1v) is 9.58. The van der Waals surface area contributed by atoms with Gasteiger partial charge in [0.1, 0.15) is 0 Å². The van der Waals surface area contributed by atoms with Crippen molar-refractivity contribution in [1.29, 1.82) is 0 Å². The van der Waals surface area contributed by atoms with Gasteiger partial charge in [-0.15, -0.1) is 0 Å². The third kappa shape index (κ3) is 5.68. The van der Waals surface area contributed by atoms with E-state index in [0.29, 0.717) is 0 Å². The second kappa shape index (κ2) is 11.7.